The van der Waals surface area contributed by atoms with Gasteiger partial charge < -0.3 is 0 Å². The first-order chi connectivity index (χ1) is 30.1. The van der Waals surface area contributed by atoms with Gasteiger partial charge in [0.05, 0.1) is 10.9 Å². The first-order valence-corrected chi connectivity index (χ1v) is 17.2. The van der Waals surface area contributed by atoms with Gasteiger partial charge in [0, 0.05) is 17.7 Å². The van der Waals surface area contributed by atoms with Gasteiger partial charge in [0.15, 0.2) is 82.5 Å². The van der Waals surface area contributed by atoms with E-state index in [1.165, 1.54) is 5.56 Å². The first-order valence-electron chi connectivity index (χ1n) is 17.2. The SMILES string of the molecule is Fc1c(F)c(F)c([B-](c2c(F)c(F)c(F)c(F)c2F)(c2c(F)c(F)c(F)c(F)c2F)c2c(F)c(F)c(F)c(F)c2F)c(F)c1F.N#Cc1cccc2c1ccc[n+]2Cc1ccccc1. The molecule has 0 radical (unpaired) electrons. The molecule has 0 fully saturated rings. The summed E-state index contributed by atoms with van der Waals surface area (Å²) in [4.78, 5) is 0. The Labute approximate surface area is 343 Å². The molecule has 1 heterocycles. The van der Waals surface area contributed by atoms with E-state index >= 15 is 35.1 Å². The third kappa shape index (κ3) is 7.00. The van der Waals surface area contributed by atoms with Crippen molar-refractivity contribution in [2.45, 2.75) is 6.54 Å². The van der Waals surface area contributed by atoms with Crippen molar-refractivity contribution in [3.8, 4) is 6.07 Å². The molecule has 23 heteroatoms. The predicted octanol–water partition coefficient (Wildman–Crippen LogP) is 8.89. The number of aromatic nitrogens is 1. The van der Waals surface area contributed by atoms with E-state index in [2.05, 4.69) is 35.0 Å². The molecule has 0 bridgehead atoms. The summed E-state index contributed by atoms with van der Waals surface area (Å²) >= 11 is 0. The molecule has 7 aromatic rings. The van der Waals surface area contributed by atoms with Gasteiger partial charge in [-0.25, -0.2) is 87.8 Å². The molecule has 2 nitrogen and oxygen atoms in total. The third-order valence-corrected chi connectivity index (χ3v) is 9.94. The second-order valence-corrected chi connectivity index (χ2v) is 13.3. The topological polar surface area (TPSA) is 27.7 Å². The van der Waals surface area contributed by atoms with E-state index in [1.807, 2.05) is 42.5 Å². The van der Waals surface area contributed by atoms with Crippen LogP contribution in [0.3, 0.4) is 0 Å². The number of halogens is 20. The van der Waals surface area contributed by atoms with Crippen molar-refractivity contribution >= 4 is 38.9 Å². The zero-order valence-electron chi connectivity index (χ0n) is 30.6. The molecule has 64 heavy (non-hydrogen) atoms. The lowest BCUT2D eigenvalue weighted by molar-refractivity contribution is -0.662. The number of rotatable bonds is 6. The summed E-state index contributed by atoms with van der Waals surface area (Å²) in [5.41, 5.74) is -11.3. The molecular weight excluding hydrogens is 911 g/mol. The Morgan fingerprint density at radius 3 is 0.984 bits per heavy atom. The van der Waals surface area contributed by atoms with Gasteiger partial charge in [-0.1, -0.05) is 36.4 Å². The molecule has 0 atom stereocenters. The highest BCUT2D eigenvalue weighted by molar-refractivity contribution is 7.20. The summed E-state index contributed by atoms with van der Waals surface area (Å²) in [6.45, 7) is 0.813. The lowest BCUT2D eigenvalue weighted by Gasteiger charge is -2.44. The molecule has 0 spiro atoms. The summed E-state index contributed by atoms with van der Waals surface area (Å²) in [6.07, 6.45) is -5.16. The van der Waals surface area contributed by atoms with Crippen LogP contribution in [0.15, 0.2) is 66.9 Å². The lowest BCUT2D eigenvalue weighted by atomic mass is 9.12. The zero-order chi connectivity index (χ0) is 47.4. The van der Waals surface area contributed by atoms with Crippen molar-refractivity contribution in [1.29, 1.82) is 5.26 Å². The number of hydrogen-bond acceptors (Lipinski definition) is 1. The van der Waals surface area contributed by atoms with Crippen molar-refractivity contribution in [2.75, 3.05) is 0 Å². The van der Waals surface area contributed by atoms with Gasteiger partial charge in [-0.05, 0) is 12.1 Å². The second-order valence-electron chi connectivity index (χ2n) is 13.3. The second kappa shape index (κ2) is 17.2. The van der Waals surface area contributed by atoms with Crippen LogP contribution >= 0.6 is 0 Å². The van der Waals surface area contributed by atoms with Crippen LogP contribution in [0, 0.1) is 128 Å². The minimum Gasteiger partial charge on any atom is -0.207 e. The molecule has 0 saturated carbocycles. The number of fused-ring (bicyclic) bond motifs is 1. The van der Waals surface area contributed by atoms with Gasteiger partial charge in [-0.15, -0.1) is 21.9 Å². The van der Waals surface area contributed by atoms with E-state index in [4.69, 9.17) is 5.26 Å². The summed E-state index contributed by atoms with van der Waals surface area (Å²) in [5.74, 6) is -71.4. The maximum Gasteiger partial charge on any atom is 0.214 e. The molecule has 0 unspecified atom stereocenters. The Morgan fingerprint density at radius 1 is 0.359 bits per heavy atom. The minimum absolute atomic E-state index is 0.722. The van der Waals surface area contributed by atoms with Gasteiger partial charge in [-0.3, -0.25) is 0 Å². The Hall–Kier alpha value is -7.12. The van der Waals surface area contributed by atoms with Crippen LogP contribution in [0.5, 0.6) is 0 Å². The molecule has 7 rings (SSSR count). The van der Waals surface area contributed by atoms with E-state index in [0.717, 1.165) is 23.0 Å². The van der Waals surface area contributed by atoms with Crippen LogP contribution in [0.1, 0.15) is 11.1 Å². The van der Waals surface area contributed by atoms with Crippen LogP contribution in [0.2, 0.25) is 0 Å². The van der Waals surface area contributed by atoms with E-state index < -0.39 is 144 Å². The Kier molecular flexibility index (Phi) is 12.5. The normalized spacial score (nSPS) is 11.5. The van der Waals surface area contributed by atoms with Crippen LogP contribution in [-0.2, 0) is 6.54 Å². The van der Waals surface area contributed by atoms with E-state index in [1.54, 1.807) is 0 Å². The maximum absolute atomic E-state index is 15.4. The largest absolute Gasteiger partial charge is 0.214 e. The molecule has 0 aliphatic heterocycles. The fraction of sp³-hybridized carbons (Fsp3) is 0.0244. The van der Waals surface area contributed by atoms with E-state index in [-0.39, 0.29) is 0 Å². The van der Waals surface area contributed by atoms with Gasteiger partial charge in [0.25, 0.3) is 0 Å². The van der Waals surface area contributed by atoms with Crippen LogP contribution < -0.4 is 26.4 Å². The Morgan fingerprint density at radius 2 is 0.672 bits per heavy atom. The highest BCUT2D eigenvalue weighted by Crippen LogP contribution is 2.31. The van der Waals surface area contributed by atoms with Gasteiger partial charge in [-0.2, -0.15) is 9.83 Å². The monoisotopic (exact) mass is 924 g/mol. The number of benzene rings is 6. The van der Waals surface area contributed by atoms with Crippen molar-refractivity contribution < 1.29 is 92.4 Å². The molecular formula is C41H13BF20N2. The average molecular weight is 924 g/mol. The molecule has 6 aromatic carbocycles. The number of nitrogens with zero attached hydrogens (tertiary/aromatic N) is 2. The first kappa shape index (κ1) is 46.4. The number of hydrogen-bond donors (Lipinski definition) is 0. The van der Waals surface area contributed by atoms with Crippen molar-refractivity contribution in [3.05, 3.63) is 194 Å². The molecule has 1 aromatic heterocycles. The van der Waals surface area contributed by atoms with Crippen LogP contribution in [-0.4, -0.2) is 6.15 Å². The number of pyridine rings is 1. The fourth-order valence-electron chi connectivity index (χ4n) is 7.19. The smallest absolute Gasteiger partial charge is 0.207 e. The van der Waals surface area contributed by atoms with Gasteiger partial charge in [0.2, 0.25) is 5.52 Å². The molecule has 0 N–H and O–H groups in total. The highest BCUT2D eigenvalue weighted by Gasteiger charge is 2.52. The third-order valence-electron chi connectivity index (χ3n) is 9.94. The highest BCUT2D eigenvalue weighted by atomic mass is 19.2. The Bertz CT molecular complexity index is 2720. The minimum atomic E-state index is -7.22. The number of nitriles is 1. The van der Waals surface area contributed by atoms with Crippen molar-refractivity contribution in [1.82, 2.24) is 0 Å². The molecule has 330 valence electrons. The van der Waals surface area contributed by atoms with E-state index in [0.29, 0.717) is 0 Å². The van der Waals surface area contributed by atoms with Crippen molar-refractivity contribution in [3.63, 3.8) is 0 Å². The summed E-state index contributed by atoms with van der Waals surface area (Å²) < 4.78 is 296. The summed E-state index contributed by atoms with van der Waals surface area (Å²) in [6, 6.07) is 22.4. The molecule has 0 saturated heterocycles. The summed E-state index contributed by atoms with van der Waals surface area (Å²) in [5, 5.41) is 10.2. The van der Waals surface area contributed by atoms with Gasteiger partial charge in [0.1, 0.15) is 58.8 Å². The quantitative estimate of drug-likeness (QED) is 0.0539. The van der Waals surface area contributed by atoms with Gasteiger partial charge >= 0.3 is 0 Å². The molecule has 0 aliphatic rings. The zero-order valence-corrected chi connectivity index (χ0v) is 30.6. The standard InChI is InChI=1S/C24BF20.C17H13N2/c26-5-1(6(27)14(35)21(42)13(5)34)25(2-7(28)15(36)22(43)16(37)8(2)29,3-9(30)17(38)23(44)18(39)10(3)31)4-11(32)19(40)24(45)20(41)12(4)33;18-12-15-8-4-10-17-16(15)9-5-11-19(17)13-14-6-2-1-3-7-14/h;1-11H,13H2/q-1;+1. The fourth-order valence-corrected chi connectivity index (χ4v) is 7.19. The lowest BCUT2D eigenvalue weighted by Crippen LogP contribution is -2.81. The molecule has 0 aliphatic carbocycles. The van der Waals surface area contributed by atoms with Crippen LogP contribution in [0.25, 0.3) is 10.9 Å². The summed E-state index contributed by atoms with van der Waals surface area (Å²) in [7, 11) is 0. The van der Waals surface area contributed by atoms with E-state index in [9.17, 15) is 52.7 Å². The predicted molar refractivity (Wildman–Crippen MR) is 184 cm³/mol. The molecule has 0 amide bonds. The average Bonchev–Trinajstić information content (AvgIpc) is 3.29. The van der Waals surface area contributed by atoms with Crippen molar-refractivity contribution in [2.24, 2.45) is 0 Å². The maximum atomic E-state index is 15.4. The Balaban J connectivity index is 0.000000295. The van der Waals surface area contributed by atoms with Crippen LogP contribution in [0.4, 0.5) is 87.8 Å².